The molecule has 2 aromatic heterocycles. The van der Waals surface area contributed by atoms with Crippen LogP contribution in [-0.2, 0) is 14.6 Å². The number of hydrogen-bond acceptors (Lipinski definition) is 8. The Labute approximate surface area is 196 Å². The Balaban J connectivity index is 1.85. The highest BCUT2D eigenvalue weighted by Crippen LogP contribution is 2.31. The number of benzene rings is 2. The van der Waals surface area contributed by atoms with Crippen LogP contribution in [0, 0.1) is 0 Å². The third-order valence-electron chi connectivity index (χ3n) is 5.06. The van der Waals surface area contributed by atoms with E-state index >= 15 is 0 Å². The first-order valence-corrected chi connectivity index (χ1v) is 12.8. The van der Waals surface area contributed by atoms with Gasteiger partial charge in [-0.3, -0.25) is 0 Å². The van der Waals surface area contributed by atoms with Crippen LogP contribution in [0.25, 0.3) is 27.8 Å². The quantitative estimate of drug-likeness (QED) is 0.376. The van der Waals surface area contributed by atoms with Crippen molar-refractivity contribution >= 4 is 27.3 Å². The second-order valence-corrected chi connectivity index (χ2v) is 10.5. The van der Waals surface area contributed by atoms with Crippen LogP contribution in [0.4, 0.5) is 0 Å². The topological polar surface area (TPSA) is 104 Å². The van der Waals surface area contributed by atoms with Crippen molar-refractivity contribution in [2.45, 2.75) is 24.7 Å². The van der Waals surface area contributed by atoms with Crippen molar-refractivity contribution in [2.24, 2.45) is 0 Å². The molecule has 0 spiro atoms. The van der Waals surface area contributed by atoms with Gasteiger partial charge in [0.05, 0.1) is 17.7 Å². The fourth-order valence-corrected chi connectivity index (χ4v) is 4.74. The van der Waals surface area contributed by atoms with Gasteiger partial charge in [-0.05, 0) is 41.2 Å². The first kappa shape index (κ1) is 22.8. The Bertz CT molecular complexity index is 1440. The normalized spacial score (nSPS) is 11.7. The predicted molar refractivity (Wildman–Crippen MR) is 126 cm³/mol. The number of aromatic nitrogens is 4. The minimum absolute atomic E-state index is 0.140. The number of ether oxygens (including phenoxy) is 1. The molecule has 33 heavy (non-hydrogen) atoms. The molecule has 0 saturated carbocycles. The lowest BCUT2D eigenvalue weighted by atomic mass is 10.0. The number of hydrogen-bond donors (Lipinski definition) is 0. The van der Waals surface area contributed by atoms with Crippen LogP contribution in [0.3, 0.4) is 0 Å². The van der Waals surface area contributed by atoms with E-state index in [9.17, 15) is 13.2 Å². The first-order chi connectivity index (χ1) is 15.7. The lowest BCUT2D eigenvalue weighted by Gasteiger charge is -2.14. The van der Waals surface area contributed by atoms with Crippen LogP contribution in [-0.4, -0.2) is 46.9 Å². The van der Waals surface area contributed by atoms with Crippen LogP contribution < -0.4 is 0 Å². The van der Waals surface area contributed by atoms with Crippen molar-refractivity contribution in [3.63, 3.8) is 0 Å². The molecule has 170 valence electrons. The zero-order chi connectivity index (χ0) is 23.8. The van der Waals surface area contributed by atoms with Gasteiger partial charge in [-0.2, -0.15) is 9.47 Å². The number of carbonyl (C=O) groups is 1. The Morgan fingerprint density at radius 2 is 1.85 bits per heavy atom. The Morgan fingerprint density at radius 3 is 2.55 bits per heavy atom. The fourth-order valence-electron chi connectivity index (χ4n) is 3.40. The zero-order valence-corrected chi connectivity index (χ0v) is 20.1. The number of para-hydroxylation sites is 1. The molecule has 4 rings (SSSR count). The number of esters is 1. The van der Waals surface area contributed by atoms with Gasteiger partial charge in [0.15, 0.2) is 21.4 Å². The van der Waals surface area contributed by atoms with Gasteiger partial charge in [0.2, 0.25) is 0 Å². The van der Waals surface area contributed by atoms with E-state index in [4.69, 9.17) is 4.74 Å². The van der Waals surface area contributed by atoms with Crippen LogP contribution in [0.5, 0.6) is 0 Å². The van der Waals surface area contributed by atoms with Crippen molar-refractivity contribution in [3.05, 3.63) is 65.9 Å². The van der Waals surface area contributed by atoms with E-state index in [1.54, 1.807) is 35.0 Å². The van der Waals surface area contributed by atoms with Gasteiger partial charge in [0.25, 0.3) is 0 Å². The van der Waals surface area contributed by atoms with Gasteiger partial charge >= 0.3 is 5.97 Å². The maximum Gasteiger partial charge on any atom is 0.358 e. The number of sulfone groups is 1. The summed E-state index contributed by atoms with van der Waals surface area (Å²) in [5, 5.41) is 5.04. The molecule has 4 aromatic rings. The predicted octanol–water partition coefficient (Wildman–Crippen LogP) is 4.37. The van der Waals surface area contributed by atoms with Gasteiger partial charge in [0.1, 0.15) is 10.7 Å². The summed E-state index contributed by atoms with van der Waals surface area (Å²) < 4.78 is 34.9. The Hall–Kier alpha value is -3.37. The molecule has 8 nitrogen and oxygen atoms in total. The minimum atomic E-state index is -3.35. The summed E-state index contributed by atoms with van der Waals surface area (Å²) in [6.07, 6.45) is 1.16. The van der Waals surface area contributed by atoms with Crippen molar-refractivity contribution < 1.29 is 17.9 Å². The van der Waals surface area contributed by atoms with Crippen LogP contribution in [0.1, 0.15) is 35.8 Å². The number of carbonyl (C=O) groups excluding carboxylic acids is 1. The summed E-state index contributed by atoms with van der Waals surface area (Å²) in [5.41, 5.74) is 3.18. The molecule has 10 heteroatoms. The van der Waals surface area contributed by atoms with Gasteiger partial charge in [-0.25, -0.2) is 22.9 Å². The maximum absolute atomic E-state index is 12.2. The lowest BCUT2D eigenvalue weighted by Crippen LogP contribution is -2.07. The van der Waals surface area contributed by atoms with Gasteiger partial charge in [-0.1, -0.05) is 44.2 Å². The van der Waals surface area contributed by atoms with Gasteiger partial charge < -0.3 is 4.74 Å². The fraction of sp³-hybridized carbons (Fsp3) is 0.217. The maximum atomic E-state index is 12.2. The van der Waals surface area contributed by atoms with E-state index < -0.39 is 15.8 Å². The molecule has 0 amide bonds. The van der Waals surface area contributed by atoms with E-state index in [1.807, 2.05) is 24.3 Å². The van der Waals surface area contributed by atoms with Crippen molar-refractivity contribution in [2.75, 3.05) is 13.4 Å². The van der Waals surface area contributed by atoms with E-state index in [-0.39, 0.29) is 16.5 Å². The molecule has 0 radical (unpaired) electrons. The summed E-state index contributed by atoms with van der Waals surface area (Å²) >= 11 is 1.14. The molecule has 0 aliphatic heterocycles. The standard InChI is InChI=1S/C23H22N4O4S2/c1-14(2)17-10-5-6-11-19(17)27-20(13-18(25-27)23(28)31-3)21-24-22(32-26-21)15-8-7-9-16(12-15)33(4,29)30/h5-14H,1-4H3. The third-order valence-corrected chi connectivity index (χ3v) is 6.93. The summed E-state index contributed by atoms with van der Waals surface area (Å²) in [7, 11) is -2.05. The molecular weight excluding hydrogens is 460 g/mol. The molecule has 0 unspecified atom stereocenters. The highest BCUT2D eigenvalue weighted by molar-refractivity contribution is 7.90. The van der Waals surface area contributed by atoms with Crippen LogP contribution in [0.2, 0.25) is 0 Å². The molecule has 0 atom stereocenters. The van der Waals surface area contributed by atoms with E-state index in [1.165, 1.54) is 7.11 Å². The van der Waals surface area contributed by atoms with Crippen molar-refractivity contribution in [3.8, 4) is 27.8 Å². The highest BCUT2D eigenvalue weighted by atomic mass is 32.2. The largest absolute Gasteiger partial charge is 0.464 e. The molecule has 0 fully saturated rings. The third kappa shape index (κ3) is 4.57. The second kappa shape index (κ2) is 8.87. The monoisotopic (exact) mass is 482 g/mol. The lowest BCUT2D eigenvalue weighted by molar-refractivity contribution is 0.0593. The molecular formula is C23H22N4O4S2. The summed E-state index contributed by atoms with van der Waals surface area (Å²) in [5.74, 6) is 0.0341. The smallest absolute Gasteiger partial charge is 0.358 e. The van der Waals surface area contributed by atoms with Gasteiger partial charge in [0, 0.05) is 17.9 Å². The number of methoxy groups -OCH3 is 1. The van der Waals surface area contributed by atoms with Crippen LogP contribution in [0.15, 0.2) is 59.5 Å². The van der Waals surface area contributed by atoms with E-state index in [2.05, 4.69) is 28.3 Å². The molecule has 2 aromatic carbocycles. The molecule has 0 aliphatic rings. The highest BCUT2D eigenvalue weighted by Gasteiger charge is 2.22. The first-order valence-electron chi connectivity index (χ1n) is 10.1. The average molecular weight is 483 g/mol. The molecule has 0 aliphatic carbocycles. The second-order valence-electron chi connectivity index (χ2n) is 7.75. The summed E-state index contributed by atoms with van der Waals surface area (Å²) in [6.45, 7) is 4.16. The average Bonchev–Trinajstić information content (AvgIpc) is 3.45. The Morgan fingerprint density at radius 1 is 1.09 bits per heavy atom. The Kier molecular flexibility index (Phi) is 6.13. The summed E-state index contributed by atoms with van der Waals surface area (Å²) in [4.78, 5) is 17.1. The molecule has 2 heterocycles. The molecule has 0 saturated heterocycles. The van der Waals surface area contributed by atoms with Crippen molar-refractivity contribution in [1.82, 2.24) is 19.1 Å². The molecule has 0 N–H and O–H groups in total. The van der Waals surface area contributed by atoms with Crippen LogP contribution >= 0.6 is 11.5 Å². The summed E-state index contributed by atoms with van der Waals surface area (Å²) in [6, 6.07) is 16.0. The van der Waals surface area contributed by atoms with Gasteiger partial charge in [-0.15, -0.1) is 0 Å². The SMILES string of the molecule is COC(=O)c1cc(-c2nsc(-c3cccc(S(C)(=O)=O)c3)n2)n(-c2ccccc2C(C)C)n1. The van der Waals surface area contributed by atoms with E-state index in [0.29, 0.717) is 22.1 Å². The minimum Gasteiger partial charge on any atom is -0.464 e. The van der Waals surface area contributed by atoms with E-state index in [0.717, 1.165) is 29.0 Å². The number of rotatable bonds is 6. The molecule has 0 bridgehead atoms. The zero-order valence-electron chi connectivity index (χ0n) is 18.5. The van der Waals surface area contributed by atoms with Crippen molar-refractivity contribution in [1.29, 1.82) is 0 Å². The number of nitrogens with zero attached hydrogens (tertiary/aromatic N) is 4.